The summed E-state index contributed by atoms with van der Waals surface area (Å²) < 4.78 is -1.64. The Morgan fingerprint density at radius 2 is 1.67 bits per heavy atom. The van der Waals surface area contributed by atoms with E-state index < -0.39 is 3.79 Å². The van der Waals surface area contributed by atoms with E-state index >= 15 is 0 Å². The first-order chi connectivity index (χ1) is 8.55. The highest BCUT2D eigenvalue weighted by Crippen LogP contribution is 2.35. The second kappa shape index (κ2) is 5.65. The van der Waals surface area contributed by atoms with Crippen molar-refractivity contribution < 1.29 is 0 Å². The van der Waals surface area contributed by atoms with Gasteiger partial charge in [-0.25, -0.2) is 15.0 Å². The number of rotatable bonds is 2. The predicted octanol–water partition coefficient (Wildman–Crippen LogP) is 3.87. The molecule has 6 heteroatoms. The minimum atomic E-state index is -1.64. The Kier molecular flexibility index (Phi) is 4.17. The van der Waals surface area contributed by atoms with Crippen LogP contribution >= 0.6 is 34.8 Å². The molecule has 0 bridgehead atoms. The first-order valence-electron chi connectivity index (χ1n) is 5.05. The third-order valence-corrected chi connectivity index (χ3v) is 2.58. The van der Waals surface area contributed by atoms with E-state index in [1.807, 2.05) is 36.4 Å². The Balaban J connectivity index is 2.23. The number of alkyl halides is 3. The van der Waals surface area contributed by atoms with E-state index in [0.29, 0.717) is 5.82 Å². The molecule has 0 radical (unpaired) electrons. The van der Waals surface area contributed by atoms with Crippen LogP contribution in [-0.4, -0.2) is 15.0 Å². The number of hydrogen-bond acceptors (Lipinski definition) is 3. The summed E-state index contributed by atoms with van der Waals surface area (Å²) in [5, 5.41) is 0. The fraction of sp³-hybridized carbons (Fsp3) is 0.0833. The van der Waals surface area contributed by atoms with Gasteiger partial charge in [0.15, 0.2) is 11.6 Å². The summed E-state index contributed by atoms with van der Waals surface area (Å²) in [5.74, 6) is 0.547. The van der Waals surface area contributed by atoms with Gasteiger partial charge in [0.25, 0.3) is 0 Å². The smallest absolute Gasteiger partial charge is 0.217 e. The van der Waals surface area contributed by atoms with Crippen molar-refractivity contribution in [1.82, 2.24) is 15.0 Å². The van der Waals surface area contributed by atoms with Gasteiger partial charge in [-0.3, -0.25) is 0 Å². The average Bonchev–Trinajstić information content (AvgIpc) is 2.37. The van der Waals surface area contributed by atoms with Crippen LogP contribution in [0.5, 0.6) is 0 Å². The van der Waals surface area contributed by atoms with Gasteiger partial charge in [0.05, 0.1) is 0 Å². The fourth-order valence-corrected chi connectivity index (χ4v) is 1.53. The molecule has 0 atom stereocenters. The van der Waals surface area contributed by atoms with Crippen LogP contribution in [0.25, 0.3) is 12.2 Å². The molecule has 92 valence electrons. The van der Waals surface area contributed by atoms with E-state index in [1.165, 1.54) is 6.33 Å². The minimum absolute atomic E-state index is 0.107. The zero-order chi connectivity index (χ0) is 13.0. The standard InChI is InChI=1S/C12H8Cl3N3/c13-12(14,15)11-17-8-16-10(18-11)7-6-9-4-2-1-3-5-9/h1-8H. The molecule has 18 heavy (non-hydrogen) atoms. The zero-order valence-corrected chi connectivity index (χ0v) is 11.4. The van der Waals surface area contributed by atoms with E-state index in [0.717, 1.165) is 5.56 Å². The van der Waals surface area contributed by atoms with Crippen molar-refractivity contribution in [2.24, 2.45) is 0 Å². The van der Waals surface area contributed by atoms with Gasteiger partial charge in [0, 0.05) is 0 Å². The van der Waals surface area contributed by atoms with Crippen LogP contribution in [0.15, 0.2) is 36.7 Å². The summed E-state index contributed by atoms with van der Waals surface area (Å²) in [6.45, 7) is 0. The lowest BCUT2D eigenvalue weighted by Gasteiger charge is -2.07. The summed E-state index contributed by atoms with van der Waals surface area (Å²) in [6.07, 6.45) is 4.92. The number of hydrogen-bond donors (Lipinski definition) is 0. The maximum absolute atomic E-state index is 5.70. The van der Waals surface area contributed by atoms with Crippen molar-refractivity contribution in [2.75, 3.05) is 0 Å². The molecule has 1 aromatic carbocycles. The highest BCUT2D eigenvalue weighted by atomic mass is 35.6. The second-order valence-electron chi connectivity index (χ2n) is 3.41. The number of halogens is 3. The molecule has 0 spiro atoms. The zero-order valence-electron chi connectivity index (χ0n) is 9.09. The Morgan fingerprint density at radius 3 is 2.33 bits per heavy atom. The number of benzene rings is 1. The quantitative estimate of drug-likeness (QED) is 0.790. The molecule has 0 aliphatic heterocycles. The molecule has 0 fully saturated rings. The Labute approximate surface area is 119 Å². The molecule has 0 amide bonds. The van der Waals surface area contributed by atoms with Gasteiger partial charge in [-0.15, -0.1) is 0 Å². The van der Waals surface area contributed by atoms with E-state index in [1.54, 1.807) is 6.08 Å². The molecule has 0 aliphatic rings. The SMILES string of the molecule is ClC(Cl)(Cl)c1ncnc(C=Cc2ccccc2)n1. The number of nitrogens with zero attached hydrogens (tertiary/aromatic N) is 3. The summed E-state index contributed by atoms with van der Waals surface area (Å²) >= 11 is 17.1. The van der Waals surface area contributed by atoms with Gasteiger partial charge in [0.2, 0.25) is 3.79 Å². The molecule has 0 aliphatic carbocycles. The largest absolute Gasteiger partial charge is 0.250 e. The van der Waals surface area contributed by atoms with Crippen molar-refractivity contribution in [2.45, 2.75) is 3.79 Å². The predicted molar refractivity (Wildman–Crippen MR) is 74.4 cm³/mol. The molecule has 1 aromatic heterocycles. The summed E-state index contributed by atoms with van der Waals surface area (Å²) in [5.41, 5.74) is 1.04. The Hall–Kier alpha value is -1.16. The fourth-order valence-electron chi connectivity index (χ4n) is 1.26. The lowest BCUT2D eigenvalue weighted by molar-refractivity contribution is 0.906. The topological polar surface area (TPSA) is 38.7 Å². The highest BCUT2D eigenvalue weighted by molar-refractivity contribution is 6.66. The lowest BCUT2D eigenvalue weighted by atomic mass is 10.2. The molecule has 3 nitrogen and oxygen atoms in total. The van der Waals surface area contributed by atoms with E-state index in [-0.39, 0.29) is 5.82 Å². The van der Waals surface area contributed by atoms with Gasteiger partial charge in [-0.2, -0.15) is 0 Å². The van der Waals surface area contributed by atoms with Gasteiger partial charge in [-0.05, 0) is 11.6 Å². The molecular weight excluding hydrogens is 293 g/mol. The molecule has 1 heterocycles. The molecule has 2 aromatic rings. The third kappa shape index (κ3) is 3.67. The van der Waals surface area contributed by atoms with Crippen molar-refractivity contribution in [3.8, 4) is 0 Å². The maximum Gasteiger partial charge on any atom is 0.250 e. The normalized spacial score (nSPS) is 11.9. The van der Waals surface area contributed by atoms with E-state index in [2.05, 4.69) is 15.0 Å². The molecule has 2 rings (SSSR count). The molecule has 0 saturated heterocycles. The Bertz CT molecular complexity index is 550. The second-order valence-corrected chi connectivity index (χ2v) is 5.69. The molecule has 0 saturated carbocycles. The summed E-state index contributed by atoms with van der Waals surface area (Å²) in [6, 6.07) is 9.77. The van der Waals surface area contributed by atoms with Gasteiger partial charge in [-0.1, -0.05) is 71.2 Å². The van der Waals surface area contributed by atoms with Crippen LogP contribution in [0.4, 0.5) is 0 Å². The first-order valence-corrected chi connectivity index (χ1v) is 6.18. The van der Waals surface area contributed by atoms with Crippen molar-refractivity contribution in [1.29, 1.82) is 0 Å². The van der Waals surface area contributed by atoms with Crippen LogP contribution in [-0.2, 0) is 3.79 Å². The monoisotopic (exact) mass is 299 g/mol. The molecule has 0 N–H and O–H groups in total. The van der Waals surface area contributed by atoms with Gasteiger partial charge < -0.3 is 0 Å². The van der Waals surface area contributed by atoms with Crippen LogP contribution in [0.1, 0.15) is 17.2 Å². The Morgan fingerprint density at radius 1 is 0.944 bits per heavy atom. The first kappa shape index (κ1) is 13.3. The minimum Gasteiger partial charge on any atom is -0.217 e. The van der Waals surface area contributed by atoms with Crippen molar-refractivity contribution in [3.63, 3.8) is 0 Å². The van der Waals surface area contributed by atoms with Crippen LogP contribution in [0.3, 0.4) is 0 Å². The summed E-state index contributed by atoms with van der Waals surface area (Å²) in [4.78, 5) is 11.9. The van der Waals surface area contributed by atoms with E-state index in [9.17, 15) is 0 Å². The van der Waals surface area contributed by atoms with Crippen LogP contribution in [0.2, 0.25) is 0 Å². The van der Waals surface area contributed by atoms with Crippen LogP contribution < -0.4 is 0 Å². The maximum atomic E-state index is 5.70. The van der Waals surface area contributed by atoms with Crippen LogP contribution in [0, 0.1) is 0 Å². The highest BCUT2D eigenvalue weighted by Gasteiger charge is 2.26. The van der Waals surface area contributed by atoms with Crippen molar-refractivity contribution >= 4 is 47.0 Å². The van der Waals surface area contributed by atoms with E-state index in [4.69, 9.17) is 34.8 Å². The molecular formula is C12H8Cl3N3. The summed E-state index contributed by atoms with van der Waals surface area (Å²) in [7, 11) is 0. The molecule has 0 unspecified atom stereocenters. The lowest BCUT2D eigenvalue weighted by Crippen LogP contribution is -2.08. The number of aromatic nitrogens is 3. The third-order valence-electron chi connectivity index (χ3n) is 2.07. The van der Waals surface area contributed by atoms with Gasteiger partial charge >= 0.3 is 0 Å². The van der Waals surface area contributed by atoms with Gasteiger partial charge in [0.1, 0.15) is 6.33 Å². The average molecular weight is 301 g/mol. The van der Waals surface area contributed by atoms with Crippen molar-refractivity contribution in [3.05, 3.63) is 53.9 Å².